The van der Waals surface area contributed by atoms with Crippen molar-refractivity contribution in [3.8, 4) is 11.1 Å². The molecule has 1 aliphatic heterocycles. The molecule has 0 saturated carbocycles. The minimum Gasteiger partial charge on any atom is -0.399 e. The number of nitrogen functional groups attached to an aromatic ring is 1. The topological polar surface area (TPSA) is 44.5 Å². The van der Waals surface area contributed by atoms with Gasteiger partial charge in [0.2, 0.25) is 0 Å². The van der Waals surface area contributed by atoms with E-state index in [-0.39, 0.29) is 6.29 Å². The van der Waals surface area contributed by atoms with Crippen molar-refractivity contribution in [2.45, 2.75) is 6.29 Å². The van der Waals surface area contributed by atoms with Crippen LogP contribution in [0.25, 0.3) is 11.1 Å². The third-order valence-corrected chi connectivity index (χ3v) is 3.02. The molecule has 92 valence electrons. The van der Waals surface area contributed by atoms with Gasteiger partial charge in [0.15, 0.2) is 6.29 Å². The van der Waals surface area contributed by atoms with Crippen LogP contribution in [0.4, 0.5) is 5.69 Å². The van der Waals surface area contributed by atoms with Crippen molar-refractivity contribution in [3.05, 3.63) is 54.1 Å². The first kappa shape index (κ1) is 11.3. The molecule has 2 N–H and O–H groups in total. The monoisotopic (exact) mass is 241 g/mol. The van der Waals surface area contributed by atoms with E-state index in [1.54, 1.807) is 0 Å². The van der Waals surface area contributed by atoms with Gasteiger partial charge < -0.3 is 15.2 Å². The predicted molar refractivity (Wildman–Crippen MR) is 70.9 cm³/mol. The highest BCUT2D eigenvalue weighted by atomic mass is 16.7. The van der Waals surface area contributed by atoms with Crippen LogP contribution in [0.2, 0.25) is 0 Å². The summed E-state index contributed by atoms with van der Waals surface area (Å²) in [5.41, 5.74) is 9.81. The zero-order valence-electron chi connectivity index (χ0n) is 10.0. The Morgan fingerprint density at radius 3 is 2.33 bits per heavy atom. The Morgan fingerprint density at radius 1 is 0.889 bits per heavy atom. The third-order valence-electron chi connectivity index (χ3n) is 3.02. The zero-order chi connectivity index (χ0) is 12.4. The highest BCUT2D eigenvalue weighted by Gasteiger charge is 2.18. The minimum absolute atomic E-state index is 0.223. The van der Waals surface area contributed by atoms with Crippen molar-refractivity contribution in [2.24, 2.45) is 0 Å². The lowest BCUT2D eigenvalue weighted by Crippen LogP contribution is -1.97. The molecule has 0 spiro atoms. The van der Waals surface area contributed by atoms with E-state index >= 15 is 0 Å². The first-order chi connectivity index (χ1) is 8.83. The SMILES string of the molecule is Nc1ccc(-c2cccc(C3OCCO3)c2)cc1. The summed E-state index contributed by atoms with van der Waals surface area (Å²) in [6.07, 6.45) is -0.223. The summed E-state index contributed by atoms with van der Waals surface area (Å²) in [6, 6.07) is 16.1. The van der Waals surface area contributed by atoms with Gasteiger partial charge in [-0.25, -0.2) is 0 Å². The van der Waals surface area contributed by atoms with Crippen LogP contribution in [-0.2, 0) is 9.47 Å². The van der Waals surface area contributed by atoms with E-state index in [9.17, 15) is 0 Å². The Kier molecular flexibility index (Phi) is 3.00. The van der Waals surface area contributed by atoms with Crippen molar-refractivity contribution < 1.29 is 9.47 Å². The number of benzene rings is 2. The standard InChI is InChI=1S/C15H15NO2/c16-14-6-4-11(5-7-14)12-2-1-3-13(10-12)15-17-8-9-18-15/h1-7,10,15H,8-9,16H2. The number of hydrogen-bond acceptors (Lipinski definition) is 3. The lowest BCUT2D eigenvalue weighted by molar-refractivity contribution is -0.0440. The molecule has 1 heterocycles. The van der Waals surface area contributed by atoms with Crippen LogP contribution in [-0.4, -0.2) is 13.2 Å². The van der Waals surface area contributed by atoms with E-state index in [1.165, 1.54) is 0 Å². The van der Waals surface area contributed by atoms with Gasteiger partial charge in [-0.3, -0.25) is 0 Å². The largest absolute Gasteiger partial charge is 0.399 e. The van der Waals surface area contributed by atoms with Crippen molar-refractivity contribution in [1.29, 1.82) is 0 Å². The van der Waals surface area contributed by atoms with Gasteiger partial charge in [-0.05, 0) is 29.3 Å². The number of anilines is 1. The van der Waals surface area contributed by atoms with Gasteiger partial charge in [-0.1, -0.05) is 30.3 Å². The highest BCUT2D eigenvalue weighted by Crippen LogP contribution is 2.28. The summed E-state index contributed by atoms with van der Waals surface area (Å²) < 4.78 is 11.0. The van der Waals surface area contributed by atoms with E-state index < -0.39 is 0 Å². The van der Waals surface area contributed by atoms with Crippen LogP contribution < -0.4 is 5.73 Å². The summed E-state index contributed by atoms with van der Waals surface area (Å²) in [6.45, 7) is 1.33. The van der Waals surface area contributed by atoms with Crippen molar-refractivity contribution in [1.82, 2.24) is 0 Å². The molecule has 0 amide bonds. The molecule has 3 nitrogen and oxygen atoms in total. The summed E-state index contributed by atoms with van der Waals surface area (Å²) in [7, 11) is 0. The Bertz CT molecular complexity index is 530. The predicted octanol–water partition coefficient (Wildman–Crippen LogP) is 2.98. The number of rotatable bonds is 2. The normalized spacial score (nSPS) is 16.0. The van der Waals surface area contributed by atoms with Crippen LogP contribution in [0.15, 0.2) is 48.5 Å². The Hall–Kier alpha value is -1.84. The van der Waals surface area contributed by atoms with Crippen LogP contribution in [0, 0.1) is 0 Å². The highest BCUT2D eigenvalue weighted by molar-refractivity contribution is 5.66. The average Bonchev–Trinajstić information content (AvgIpc) is 2.94. The van der Waals surface area contributed by atoms with Gasteiger partial charge in [-0.15, -0.1) is 0 Å². The smallest absolute Gasteiger partial charge is 0.184 e. The lowest BCUT2D eigenvalue weighted by atomic mass is 10.0. The summed E-state index contributed by atoms with van der Waals surface area (Å²) >= 11 is 0. The molecule has 0 radical (unpaired) electrons. The quantitative estimate of drug-likeness (QED) is 0.822. The van der Waals surface area contributed by atoms with Gasteiger partial charge in [0.05, 0.1) is 13.2 Å². The van der Waals surface area contributed by atoms with Gasteiger partial charge in [0.25, 0.3) is 0 Å². The van der Waals surface area contributed by atoms with Gasteiger partial charge >= 0.3 is 0 Å². The third kappa shape index (κ3) is 2.23. The Morgan fingerprint density at radius 2 is 1.61 bits per heavy atom. The second-order valence-electron chi connectivity index (χ2n) is 4.32. The molecule has 2 aromatic carbocycles. The Balaban J connectivity index is 1.92. The number of ether oxygens (including phenoxy) is 2. The summed E-state index contributed by atoms with van der Waals surface area (Å²) in [5, 5.41) is 0. The van der Waals surface area contributed by atoms with Crippen LogP contribution >= 0.6 is 0 Å². The van der Waals surface area contributed by atoms with Crippen LogP contribution in [0.3, 0.4) is 0 Å². The molecular weight excluding hydrogens is 226 g/mol. The van der Waals surface area contributed by atoms with E-state index in [1.807, 2.05) is 36.4 Å². The molecule has 1 saturated heterocycles. The Labute approximate surface area is 106 Å². The summed E-state index contributed by atoms with van der Waals surface area (Å²) in [5.74, 6) is 0. The zero-order valence-corrected chi connectivity index (χ0v) is 10.0. The number of nitrogens with two attached hydrogens (primary N) is 1. The fourth-order valence-corrected chi connectivity index (χ4v) is 2.09. The molecule has 3 heteroatoms. The minimum atomic E-state index is -0.223. The fraction of sp³-hybridized carbons (Fsp3) is 0.200. The fourth-order valence-electron chi connectivity index (χ4n) is 2.09. The van der Waals surface area contributed by atoms with E-state index in [0.29, 0.717) is 13.2 Å². The average molecular weight is 241 g/mol. The lowest BCUT2D eigenvalue weighted by Gasteiger charge is -2.11. The first-order valence-electron chi connectivity index (χ1n) is 6.02. The second kappa shape index (κ2) is 4.80. The molecule has 0 aliphatic carbocycles. The van der Waals surface area contributed by atoms with Crippen LogP contribution in [0.5, 0.6) is 0 Å². The molecule has 3 rings (SSSR count). The van der Waals surface area contributed by atoms with Crippen molar-refractivity contribution in [3.63, 3.8) is 0 Å². The van der Waals surface area contributed by atoms with Crippen LogP contribution in [0.1, 0.15) is 11.9 Å². The van der Waals surface area contributed by atoms with Crippen molar-refractivity contribution >= 4 is 5.69 Å². The summed E-state index contributed by atoms with van der Waals surface area (Å²) in [4.78, 5) is 0. The van der Waals surface area contributed by atoms with E-state index in [2.05, 4.69) is 12.1 Å². The second-order valence-corrected chi connectivity index (χ2v) is 4.32. The maximum atomic E-state index is 5.69. The molecule has 1 aliphatic rings. The van der Waals surface area contributed by atoms with Gasteiger partial charge in [-0.2, -0.15) is 0 Å². The molecule has 18 heavy (non-hydrogen) atoms. The molecule has 0 unspecified atom stereocenters. The van der Waals surface area contributed by atoms with E-state index in [0.717, 1.165) is 22.4 Å². The molecule has 1 fully saturated rings. The maximum Gasteiger partial charge on any atom is 0.184 e. The molecule has 0 atom stereocenters. The molecule has 0 aromatic heterocycles. The maximum absolute atomic E-state index is 5.69. The molecule has 2 aromatic rings. The van der Waals surface area contributed by atoms with E-state index in [4.69, 9.17) is 15.2 Å². The molecular formula is C15H15NO2. The first-order valence-corrected chi connectivity index (χ1v) is 6.02. The number of hydrogen-bond donors (Lipinski definition) is 1. The van der Waals surface area contributed by atoms with Gasteiger partial charge in [0, 0.05) is 11.3 Å². The molecule has 0 bridgehead atoms. The van der Waals surface area contributed by atoms with Crippen molar-refractivity contribution in [2.75, 3.05) is 18.9 Å². The van der Waals surface area contributed by atoms with Gasteiger partial charge in [0.1, 0.15) is 0 Å².